The Morgan fingerprint density at radius 3 is 2.05 bits per heavy atom. The minimum atomic E-state index is -4.26. The van der Waals surface area contributed by atoms with Crippen LogP contribution in [0.2, 0.25) is 10.0 Å². The summed E-state index contributed by atoms with van der Waals surface area (Å²) in [6.45, 7) is 1.30. The van der Waals surface area contributed by atoms with E-state index in [4.69, 9.17) is 23.2 Å². The number of aryl methyl sites for hydroxylation is 1. The van der Waals surface area contributed by atoms with E-state index in [0.29, 0.717) is 0 Å². The largest absolute Gasteiger partial charge is 0.357 e. The SMILES string of the molecule is CNC(=O)C(Cc1ccccc1)N(Cc1ccc(Br)cc1)C(=O)CN(c1cc(Cl)cc(Cl)c1)S(=O)(=O)c1ccc(C)cc1. The second-order valence-corrected chi connectivity index (χ2v) is 13.6. The molecule has 0 heterocycles. The lowest BCUT2D eigenvalue weighted by molar-refractivity contribution is -0.139. The number of hydrogen-bond acceptors (Lipinski definition) is 4. The van der Waals surface area contributed by atoms with Crippen LogP contribution in [0.1, 0.15) is 16.7 Å². The number of carbonyl (C=O) groups excluding carboxylic acids is 2. The molecule has 0 aliphatic carbocycles. The molecule has 4 aromatic rings. The summed E-state index contributed by atoms with van der Waals surface area (Å²) < 4.78 is 29.9. The van der Waals surface area contributed by atoms with Crippen molar-refractivity contribution in [2.45, 2.75) is 30.8 Å². The maximum absolute atomic E-state index is 14.3. The molecule has 7 nitrogen and oxygen atoms in total. The van der Waals surface area contributed by atoms with Crippen LogP contribution in [-0.4, -0.2) is 44.8 Å². The number of amides is 2. The Hall–Kier alpha value is -3.37. The number of anilines is 1. The molecule has 0 aliphatic rings. The lowest BCUT2D eigenvalue weighted by atomic mass is 10.0. The summed E-state index contributed by atoms with van der Waals surface area (Å²) in [5.41, 5.74) is 2.60. The lowest BCUT2D eigenvalue weighted by Crippen LogP contribution is -2.53. The zero-order valence-electron chi connectivity index (χ0n) is 23.5. The molecule has 0 aliphatic heterocycles. The van der Waals surface area contributed by atoms with Gasteiger partial charge in [-0.25, -0.2) is 8.42 Å². The smallest absolute Gasteiger partial charge is 0.264 e. The van der Waals surface area contributed by atoms with E-state index in [9.17, 15) is 18.0 Å². The fourth-order valence-electron chi connectivity index (χ4n) is 4.56. The highest BCUT2D eigenvalue weighted by Crippen LogP contribution is 2.30. The van der Waals surface area contributed by atoms with Crippen molar-refractivity contribution in [1.29, 1.82) is 0 Å². The quantitative estimate of drug-likeness (QED) is 0.190. The number of likely N-dealkylation sites (N-methyl/N-ethyl adjacent to an activating group) is 1. The third-order valence-corrected chi connectivity index (χ3v) is 9.56. The molecule has 0 aromatic heterocycles. The first-order chi connectivity index (χ1) is 20.5. The standard InChI is InChI=1S/C32H30BrCl2N3O4S/c1-22-8-14-29(15-9-22)43(41,42)38(28-18-26(34)17-27(35)19-28)21-31(39)37(20-24-10-12-25(33)13-11-24)30(32(40)36-2)16-23-6-4-3-5-7-23/h3-15,17-19,30H,16,20-21H2,1-2H3,(H,36,40). The Labute approximate surface area is 270 Å². The maximum Gasteiger partial charge on any atom is 0.264 e. The first-order valence-electron chi connectivity index (χ1n) is 13.3. The molecule has 0 saturated carbocycles. The van der Waals surface area contributed by atoms with Gasteiger partial charge in [0, 0.05) is 34.5 Å². The summed E-state index contributed by atoms with van der Waals surface area (Å²) >= 11 is 16.0. The van der Waals surface area contributed by atoms with Crippen LogP contribution in [0.15, 0.2) is 106 Å². The summed E-state index contributed by atoms with van der Waals surface area (Å²) in [4.78, 5) is 29.0. The lowest BCUT2D eigenvalue weighted by Gasteiger charge is -2.33. The number of nitrogens with zero attached hydrogens (tertiary/aromatic N) is 2. The number of carbonyl (C=O) groups is 2. The number of nitrogens with one attached hydrogen (secondary N) is 1. The van der Waals surface area contributed by atoms with Crippen molar-refractivity contribution in [3.63, 3.8) is 0 Å². The molecule has 4 aromatic carbocycles. The molecule has 0 fully saturated rings. The van der Waals surface area contributed by atoms with Crippen LogP contribution in [0.25, 0.3) is 0 Å². The van der Waals surface area contributed by atoms with Gasteiger partial charge in [0.05, 0.1) is 10.6 Å². The highest BCUT2D eigenvalue weighted by molar-refractivity contribution is 9.10. The van der Waals surface area contributed by atoms with Crippen LogP contribution in [-0.2, 0) is 32.6 Å². The van der Waals surface area contributed by atoms with E-state index in [2.05, 4.69) is 21.2 Å². The highest BCUT2D eigenvalue weighted by atomic mass is 79.9. The van der Waals surface area contributed by atoms with Crippen molar-refractivity contribution in [1.82, 2.24) is 10.2 Å². The zero-order chi connectivity index (χ0) is 31.1. The molecule has 0 spiro atoms. The van der Waals surface area contributed by atoms with Crippen LogP contribution in [0, 0.1) is 6.92 Å². The zero-order valence-corrected chi connectivity index (χ0v) is 27.4. The Balaban J connectivity index is 1.80. The van der Waals surface area contributed by atoms with Gasteiger partial charge in [0.1, 0.15) is 12.6 Å². The normalized spacial score (nSPS) is 11.9. The van der Waals surface area contributed by atoms with Crippen molar-refractivity contribution in [3.8, 4) is 0 Å². The van der Waals surface area contributed by atoms with Crippen molar-refractivity contribution in [2.24, 2.45) is 0 Å². The predicted octanol–water partition coefficient (Wildman–Crippen LogP) is 6.65. The third-order valence-electron chi connectivity index (χ3n) is 6.81. The van der Waals surface area contributed by atoms with Gasteiger partial charge in [0.2, 0.25) is 11.8 Å². The number of benzene rings is 4. The van der Waals surface area contributed by atoms with Gasteiger partial charge in [0.25, 0.3) is 10.0 Å². The number of rotatable bonds is 11. The second kappa shape index (κ2) is 14.4. The van der Waals surface area contributed by atoms with Crippen molar-refractivity contribution < 1.29 is 18.0 Å². The summed E-state index contributed by atoms with van der Waals surface area (Å²) in [5.74, 6) is -0.965. The third kappa shape index (κ3) is 8.38. The Morgan fingerprint density at radius 1 is 0.860 bits per heavy atom. The van der Waals surface area contributed by atoms with Crippen molar-refractivity contribution in [2.75, 3.05) is 17.9 Å². The summed E-state index contributed by atoms with van der Waals surface area (Å²) in [6, 6.07) is 26.4. The van der Waals surface area contributed by atoms with Crippen LogP contribution in [0.5, 0.6) is 0 Å². The van der Waals surface area contributed by atoms with E-state index in [1.54, 1.807) is 12.1 Å². The van der Waals surface area contributed by atoms with E-state index in [-0.39, 0.29) is 39.5 Å². The van der Waals surface area contributed by atoms with Gasteiger partial charge in [-0.05, 0) is 60.5 Å². The maximum atomic E-state index is 14.3. The number of sulfonamides is 1. The van der Waals surface area contributed by atoms with Crippen molar-refractivity contribution >= 4 is 66.7 Å². The molecule has 4 rings (SSSR count). The minimum Gasteiger partial charge on any atom is -0.357 e. The van der Waals surface area contributed by atoms with E-state index in [1.165, 1.54) is 42.3 Å². The van der Waals surface area contributed by atoms with Crippen LogP contribution >= 0.6 is 39.1 Å². The monoisotopic (exact) mass is 701 g/mol. The summed E-state index contributed by atoms with van der Waals surface area (Å²) in [6.07, 6.45) is 0.219. The molecular formula is C32H30BrCl2N3O4S. The van der Waals surface area contributed by atoms with E-state index < -0.39 is 28.5 Å². The van der Waals surface area contributed by atoms with Gasteiger partial charge in [-0.1, -0.05) is 99.3 Å². The molecule has 1 unspecified atom stereocenters. The van der Waals surface area contributed by atoms with E-state index >= 15 is 0 Å². The first-order valence-corrected chi connectivity index (χ1v) is 16.3. The average Bonchev–Trinajstić information content (AvgIpc) is 2.98. The van der Waals surface area contributed by atoms with Crippen LogP contribution in [0.3, 0.4) is 0 Å². The van der Waals surface area contributed by atoms with Crippen LogP contribution < -0.4 is 9.62 Å². The molecule has 224 valence electrons. The van der Waals surface area contributed by atoms with Gasteiger partial charge in [-0.15, -0.1) is 0 Å². The Morgan fingerprint density at radius 2 is 1.47 bits per heavy atom. The molecule has 0 bridgehead atoms. The summed E-state index contributed by atoms with van der Waals surface area (Å²) in [5, 5.41) is 3.08. The van der Waals surface area contributed by atoms with Gasteiger partial charge in [-0.2, -0.15) is 0 Å². The van der Waals surface area contributed by atoms with Gasteiger partial charge < -0.3 is 10.2 Å². The molecule has 1 N–H and O–H groups in total. The molecule has 1 atom stereocenters. The highest BCUT2D eigenvalue weighted by Gasteiger charge is 2.34. The number of hydrogen-bond donors (Lipinski definition) is 1. The minimum absolute atomic E-state index is 0.00593. The molecule has 0 radical (unpaired) electrons. The molecule has 43 heavy (non-hydrogen) atoms. The fourth-order valence-corrected chi connectivity index (χ4v) is 6.73. The topological polar surface area (TPSA) is 86.8 Å². The van der Waals surface area contributed by atoms with E-state index in [1.807, 2.05) is 61.5 Å². The van der Waals surface area contributed by atoms with E-state index in [0.717, 1.165) is 25.5 Å². The fraction of sp³-hybridized carbons (Fsp3) is 0.188. The molecule has 0 saturated heterocycles. The Bertz CT molecular complexity index is 1670. The second-order valence-electron chi connectivity index (χ2n) is 9.92. The first kappa shape index (κ1) is 32.5. The Kier molecular flexibility index (Phi) is 10.9. The van der Waals surface area contributed by atoms with Gasteiger partial charge >= 0.3 is 0 Å². The van der Waals surface area contributed by atoms with Crippen molar-refractivity contribution in [3.05, 3.63) is 128 Å². The molecule has 11 heteroatoms. The molecule has 2 amide bonds. The van der Waals surface area contributed by atoms with Crippen LogP contribution in [0.4, 0.5) is 5.69 Å². The predicted molar refractivity (Wildman–Crippen MR) is 175 cm³/mol. The van der Waals surface area contributed by atoms with Gasteiger partial charge in [0.15, 0.2) is 0 Å². The number of halogens is 3. The van der Waals surface area contributed by atoms with Gasteiger partial charge in [-0.3, -0.25) is 13.9 Å². The average molecular weight is 703 g/mol. The summed E-state index contributed by atoms with van der Waals surface area (Å²) in [7, 11) is -2.76. The molecular weight excluding hydrogens is 673 g/mol.